The lowest BCUT2D eigenvalue weighted by Gasteiger charge is -2.27. The largest absolute Gasteiger partial charge is 0.508 e. The van der Waals surface area contributed by atoms with Gasteiger partial charge in [0.25, 0.3) is 0 Å². The Bertz CT molecular complexity index is 1010. The van der Waals surface area contributed by atoms with Crippen LogP contribution in [0.1, 0.15) is 24.1 Å². The van der Waals surface area contributed by atoms with Crippen LogP contribution >= 0.6 is 11.6 Å². The van der Waals surface area contributed by atoms with Crippen molar-refractivity contribution in [1.29, 1.82) is 0 Å². The van der Waals surface area contributed by atoms with Gasteiger partial charge < -0.3 is 10.2 Å². The number of halogens is 1. The first-order chi connectivity index (χ1) is 13.7. The number of carboxylic acids is 1. The Balaban J connectivity index is 1.78. The number of carbonyl (C=O) groups is 3. The first kappa shape index (κ1) is 19.4. The Hall–Kier alpha value is -2.90. The summed E-state index contributed by atoms with van der Waals surface area (Å²) in [5.74, 6) is -4.42. The van der Waals surface area contributed by atoms with E-state index >= 15 is 0 Å². The lowest BCUT2D eigenvalue weighted by molar-refractivity contribution is -0.150. The summed E-state index contributed by atoms with van der Waals surface area (Å²) in [5.41, 5.74) is -0.607. The Kier molecular flexibility index (Phi) is 4.59. The third kappa shape index (κ3) is 2.97. The molecule has 4 rings (SSSR count). The second kappa shape index (κ2) is 6.86. The Morgan fingerprint density at radius 1 is 1.17 bits per heavy atom. The number of nitrogens with one attached hydrogen (secondary N) is 1. The summed E-state index contributed by atoms with van der Waals surface area (Å²) in [7, 11) is 0. The van der Waals surface area contributed by atoms with Gasteiger partial charge in [-0.05, 0) is 30.7 Å². The average molecular weight is 415 g/mol. The average Bonchev–Trinajstić information content (AvgIpc) is 3.14. The molecule has 0 unspecified atom stereocenters. The van der Waals surface area contributed by atoms with Crippen LogP contribution in [-0.4, -0.2) is 38.4 Å². The third-order valence-electron chi connectivity index (χ3n) is 5.83. The van der Waals surface area contributed by atoms with Gasteiger partial charge in [0.1, 0.15) is 11.3 Å². The minimum absolute atomic E-state index is 0.0649. The number of aliphatic carboxylic acids is 1. The molecule has 3 N–H and O–H groups in total. The van der Waals surface area contributed by atoms with Crippen LogP contribution in [0, 0.1) is 11.8 Å². The van der Waals surface area contributed by atoms with Crippen molar-refractivity contribution in [2.75, 3.05) is 0 Å². The van der Waals surface area contributed by atoms with Gasteiger partial charge in [0.15, 0.2) is 0 Å². The number of hydrogen-bond donors (Lipinski definition) is 3. The van der Waals surface area contributed by atoms with Crippen molar-refractivity contribution in [3.8, 4) is 5.75 Å². The van der Waals surface area contributed by atoms with Gasteiger partial charge >= 0.3 is 5.97 Å². The van der Waals surface area contributed by atoms with E-state index in [0.29, 0.717) is 10.6 Å². The molecule has 2 aliphatic rings. The summed E-state index contributed by atoms with van der Waals surface area (Å²) < 4.78 is 0. The number of likely N-dealkylation sites (tertiary alicyclic amines) is 1. The summed E-state index contributed by atoms with van der Waals surface area (Å²) in [4.78, 5) is 39.6. The fourth-order valence-corrected chi connectivity index (χ4v) is 4.54. The number of carbonyl (C=O) groups excluding carboxylic acids is 2. The Labute approximate surface area is 171 Å². The molecular weight excluding hydrogens is 396 g/mol. The maximum atomic E-state index is 13.2. The number of amides is 2. The molecule has 8 heteroatoms. The normalized spacial score (nSPS) is 28.6. The molecular formula is C21H19ClN2O5. The highest BCUT2D eigenvalue weighted by atomic mass is 35.5. The molecule has 0 saturated carbocycles. The van der Waals surface area contributed by atoms with E-state index in [0.717, 1.165) is 10.5 Å². The first-order valence-electron chi connectivity index (χ1n) is 9.12. The number of phenols is 1. The van der Waals surface area contributed by atoms with Crippen LogP contribution in [0.2, 0.25) is 5.02 Å². The predicted octanol–water partition coefficient (Wildman–Crippen LogP) is 2.33. The topological polar surface area (TPSA) is 107 Å². The fourth-order valence-electron chi connectivity index (χ4n) is 4.36. The van der Waals surface area contributed by atoms with Gasteiger partial charge in [-0.15, -0.1) is 0 Å². The van der Waals surface area contributed by atoms with Crippen molar-refractivity contribution in [2.24, 2.45) is 11.8 Å². The molecule has 0 spiro atoms. The second-order valence-corrected chi connectivity index (χ2v) is 8.02. The zero-order valence-corrected chi connectivity index (χ0v) is 16.3. The maximum Gasteiger partial charge on any atom is 0.324 e. The van der Waals surface area contributed by atoms with Gasteiger partial charge in [-0.2, -0.15) is 0 Å². The molecule has 2 saturated heterocycles. The maximum absolute atomic E-state index is 13.2. The SMILES string of the molecule is C[C@]1(C(=O)O)N[C@H](c2cc(Cl)ccc2O)[C@@H]2C(=O)N(Cc3ccccc3)C(=O)[C@@H]21. The van der Waals surface area contributed by atoms with E-state index in [1.807, 2.05) is 6.07 Å². The Morgan fingerprint density at radius 3 is 2.52 bits per heavy atom. The fraction of sp³-hybridized carbons (Fsp3) is 0.286. The lowest BCUT2D eigenvalue weighted by Crippen LogP contribution is -2.53. The van der Waals surface area contributed by atoms with Crippen LogP contribution in [0.4, 0.5) is 0 Å². The van der Waals surface area contributed by atoms with Gasteiger partial charge in [0.05, 0.1) is 18.4 Å². The summed E-state index contributed by atoms with van der Waals surface area (Å²) in [6.07, 6.45) is 0. The van der Waals surface area contributed by atoms with Crippen LogP contribution in [-0.2, 0) is 20.9 Å². The van der Waals surface area contributed by atoms with Crippen LogP contribution < -0.4 is 5.32 Å². The van der Waals surface area contributed by atoms with E-state index in [4.69, 9.17) is 11.6 Å². The molecule has 2 aromatic carbocycles. The molecule has 7 nitrogen and oxygen atoms in total. The molecule has 2 amide bonds. The highest BCUT2D eigenvalue weighted by Gasteiger charge is 2.66. The summed E-state index contributed by atoms with van der Waals surface area (Å²) in [6.45, 7) is 1.46. The molecule has 4 atom stereocenters. The van der Waals surface area contributed by atoms with E-state index in [-0.39, 0.29) is 12.3 Å². The molecule has 150 valence electrons. The number of phenolic OH excluding ortho intramolecular Hbond substituents is 1. The van der Waals surface area contributed by atoms with Gasteiger partial charge in [-0.25, -0.2) is 0 Å². The molecule has 2 heterocycles. The molecule has 2 aromatic rings. The number of fused-ring (bicyclic) bond motifs is 1. The summed E-state index contributed by atoms with van der Waals surface area (Å²) in [6, 6.07) is 12.5. The molecule has 0 aliphatic carbocycles. The number of hydrogen-bond acceptors (Lipinski definition) is 5. The second-order valence-electron chi connectivity index (χ2n) is 7.58. The molecule has 0 radical (unpaired) electrons. The van der Waals surface area contributed by atoms with E-state index in [9.17, 15) is 24.6 Å². The molecule has 29 heavy (non-hydrogen) atoms. The number of benzene rings is 2. The lowest BCUT2D eigenvalue weighted by atomic mass is 9.80. The van der Waals surface area contributed by atoms with Crippen molar-refractivity contribution in [3.05, 3.63) is 64.7 Å². The van der Waals surface area contributed by atoms with Crippen LogP contribution in [0.15, 0.2) is 48.5 Å². The number of aromatic hydroxyl groups is 1. The van der Waals surface area contributed by atoms with E-state index in [1.54, 1.807) is 24.3 Å². The number of nitrogens with zero attached hydrogens (tertiary/aromatic N) is 1. The zero-order chi connectivity index (χ0) is 20.9. The van der Waals surface area contributed by atoms with Crippen molar-refractivity contribution in [3.63, 3.8) is 0 Å². The standard InChI is InChI=1S/C21H19ClN2O5/c1-21(20(28)29)16-15(17(23-21)13-9-12(22)7-8-14(13)25)18(26)24(19(16)27)10-11-5-3-2-4-6-11/h2-9,15-17,23,25H,10H2,1H3,(H,28,29)/t15-,16-,17-,21+/m1/s1. The van der Waals surface area contributed by atoms with E-state index in [1.165, 1.54) is 25.1 Å². The quantitative estimate of drug-likeness (QED) is 0.663. The monoisotopic (exact) mass is 414 g/mol. The van der Waals surface area contributed by atoms with Crippen LogP contribution in [0.3, 0.4) is 0 Å². The number of rotatable bonds is 4. The van der Waals surface area contributed by atoms with Gasteiger partial charge in [-0.1, -0.05) is 41.9 Å². The van der Waals surface area contributed by atoms with E-state index in [2.05, 4.69) is 5.32 Å². The van der Waals surface area contributed by atoms with E-state index < -0.39 is 41.2 Å². The van der Waals surface area contributed by atoms with Gasteiger partial charge in [0, 0.05) is 16.6 Å². The highest BCUT2D eigenvalue weighted by Crippen LogP contribution is 2.50. The smallest absolute Gasteiger partial charge is 0.324 e. The van der Waals surface area contributed by atoms with Crippen LogP contribution in [0.25, 0.3) is 0 Å². The van der Waals surface area contributed by atoms with Crippen molar-refractivity contribution >= 4 is 29.4 Å². The Morgan fingerprint density at radius 2 is 1.86 bits per heavy atom. The van der Waals surface area contributed by atoms with Crippen molar-refractivity contribution in [2.45, 2.75) is 25.0 Å². The van der Waals surface area contributed by atoms with Gasteiger partial charge in [0.2, 0.25) is 11.8 Å². The summed E-state index contributed by atoms with van der Waals surface area (Å²) in [5, 5.41) is 23.4. The van der Waals surface area contributed by atoms with Crippen molar-refractivity contribution in [1.82, 2.24) is 10.2 Å². The minimum atomic E-state index is -1.66. The molecule has 2 fully saturated rings. The summed E-state index contributed by atoms with van der Waals surface area (Å²) >= 11 is 6.06. The van der Waals surface area contributed by atoms with Crippen molar-refractivity contribution < 1.29 is 24.6 Å². The highest BCUT2D eigenvalue weighted by molar-refractivity contribution is 6.30. The minimum Gasteiger partial charge on any atom is -0.508 e. The molecule has 0 bridgehead atoms. The zero-order valence-electron chi connectivity index (χ0n) is 15.5. The predicted molar refractivity (Wildman–Crippen MR) is 104 cm³/mol. The first-order valence-corrected chi connectivity index (χ1v) is 9.50. The molecule has 0 aromatic heterocycles. The third-order valence-corrected chi connectivity index (χ3v) is 6.07. The number of imide groups is 1. The van der Waals surface area contributed by atoms with Crippen LogP contribution in [0.5, 0.6) is 5.75 Å². The molecule has 2 aliphatic heterocycles. The van der Waals surface area contributed by atoms with Gasteiger partial charge in [-0.3, -0.25) is 24.6 Å². The number of carboxylic acid groups (broad SMARTS) is 1.